The highest BCUT2D eigenvalue weighted by Crippen LogP contribution is 2.18. The first-order valence-corrected chi connectivity index (χ1v) is 5.93. The number of hydrogen-bond donors (Lipinski definition) is 3. The molecule has 0 heterocycles. The maximum atomic E-state index is 11.6. The van der Waals surface area contributed by atoms with Crippen LogP contribution in [-0.4, -0.2) is 23.7 Å². The normalized spacial score (nSPS) is 9.63. The first-order valence-electron chi connectivity index (χ1n) is 5.93. The van der Waals surface area contributed by atoms with Crippen LogP contribution in [-0.2, 0) is 0 Å². The molecule has 102 valence electrons. The average Bonchev–Trinajstić information content (AvgIpc) is 2.31. The van der Waals surface area contributed by atoms with Crippen LogP contribution in [0.1, 0.15) is 29.8 Å². The smallest absolute Gasteiger partial charge is 0.336 e. The van der Waals surface area contributed by atoms with Gasteiger partial charge in [0, 0.05) is 12.2 Å². The fourth-order valence-corrected chi connectivity index (χ4v) is 1.52. The summed E-state index contributed by atoms with van der Waals surface area (Å²) in [6.45, 7) is 5.99. The number of carboxylic acids is 1. The molecule has 0 atom stereocenters. The number of nitrogens with one attached hydrogen (secondary N) is 2. The monoisotopic (exact) mass is 262 g/mol. The molecule has 1 rings (SSSR count). The molecule has 0 unspecified atom stereocenters. The van der Waals surface area contributed by atoms with Crippen molar-refractivity contribution in [1.82, 2.24) is 5.32 Å². The molecule has 3 N–H and O–H groups in total. The molecule has 19 heavy (non-hydrogen) atoms. The second-order valence-electron chi connectivity index (χ2n) is 4.40. The zero-order valence-electron chi connectivity index (χ0n) is 11.3. The summed E-state index contributed by atoms with van der Waals surface area (Å²) in [7, 11) is 0. The molecule has 0 fully saturated rings. The molecule has 0 bridgehead atoms. The standard InChI is InChI=1S/C14H18N2O3/c1-9(2)7-8-15-14(19)16-12-6-4-5-11(10(12)3)13(17)18/h4-7H,8H2,1-3H3,(H,17,18)(H2,15,16,19). The van der Waals surface area contributed by atoms with E-state index >= 15 is 0 Å². The van der Waals surface area contributed by atoms with Crippen LogP contribution in [0.2, 0.25) is 0 Å². The first kappa shape index (κ1) is 14.8. The van der Waals surface area contributed by atoms with Gasteiger partial charge >= 0.3 is 12.0 Å². The van der Waals surface area contributed by atoms with Crippen LogP contribution in [0.25, 0.3) is 0 Å². The highest BCUT2D eigenvalue weighted by atomic mass is 16.4. The second kappa shape index (κ2) is 6.58. The molecular formula is C14H18N2O3. The Morgan fingerprint density at radius 2 is 2.00 bits per heavy atom. The summed E-state index contributed by atoms with van der Waals surface area (Å²) in [5, 5.41) is 14.3. The van der Waals surface area contributed by atoms with Gasteiger partial charge in [0.2, 0.25) is 0 Å². The molecule has 0 radical (unpaired) electrons. The predicted octanol–water partition coefficient (Wildman–Crippen LogP) is 2.78. The van der Waals surface area contributed by atoms with Crippen LogP contribution in [0.15, 0.2) is 29.8 Å². The van der Waals surface area contributed by atoms with Crippen LogP contribution >= 0.6 is 0 Å². The summed E-state index contributed by atoms with van der Waals surface area (Å²) in [5.41, 5.74) is 2.33. The number of aromatic carboxylic acids is 1. The second-order valence-corrected chi connectivity index (χ2v) is 4.40. The number of anilines is 1. The topological polar surface area (TPSA) is 78.4 Å². The van der Waals surface area contributed by atoms with Crippen molar-refractivity contribution in [2.75, 3.05) is 11.9 Å². The Balaban J connectivity index is 2.72. The van der Waals surface area contributed by atoms with Crippen molar-refractivity contribution in [3.63, 3.8) is 0 Å². The number of urea groups is 1. The predicted molar refractivity (Wildman–Crippen MR) is 74.6 cm³/mol. The molecule has 1 aromatic rings. The number of rotatable bonds is 4. The first-order chi connectivity index (χ1) is 8.91. The maximum absolute atomic E-state index is 11.6. The Labute approximate surface area is 112 Å². The maximum Gasteiger partial charge on any atom is 0.336 e. The summed E-state index contributed by atoms with van der Waals surface area (Å²) in [6.07, 6.45) is 1.89. The lowest BCUT2D eigenvalue weighted by molar-refractivity contribution is 0.0696. The van der Waals surface area contributed by atoms with E-state index in [0.717, 1.165) is 5.57 Å². The zero-order valence-corrected chi connectivity index (χ0v) is 11.3. The molecular weight excluding hydrogens is 244 g/mol. The summed E-state index contributed by atoms with van der Waals surface area (Å²) in [4.78, 5) is 22.6. The molecule has 5 heteroatoms. The molecule has 0 aliphatic heterocycles. The lowest BCUT2D eigenvalue weighted by atomic mass is 10.1. The van der Waals surface area contributed by atoms with Gasteiger partial charge in [0.1, 0.15) is 0 Å². The summed E-state index contributed by atoms with van der Waals surface area (Å²) in [5.74, 6) is -1.01. The number of carbonyl (C=O) groups is 2. The average molecular weight is 262 g/mol. The van der Waals surface area contributed by atoms with Crippen LogP contribution in [0.3, 0.4) is 0 Å². The quantitative estimate of drug-likeness (QED) is 0.730. The highest BCUT2D eigenvalue weighted by molar-refractivity contribution is 5.95. The van der Waals surface area contributed by atoms with E-state index in [1.165, 1.54) is 6.07 Å². The Morgan fingerprint density at radius 3 is 2.58 bits per heavy atom. The molecule has 0 aliphatic rings. The van der Waals surface area contributed by atoms with Crippen LogP contribution in [0.5, 0.6) is 0 Å². The minimum Gasteiger partial charge on any atom is -0.478 e. The number of carbonyl (C=O) groups excluding carboxylic acids is 1. The Morgan fingerprint density at radius 1 is 1.32 bits per heavy atom. The summed E-state index contributed by atoms with van der Waals surface area (Å²) in [6, 6.07) is 4.41. The van der Waals surface area contributed by atoms with Gasteiger partial charge in [0.25, 0.3) is 0 Å². The molecule has 0 saturated carbocycles. The van der Waals surface area contributed by atoms with E-state index in [4.69, 9.17) is 5.11 Å². The lowest BCUT2D eigenvalue weighted by Gasteiger charge is -2.10. The molecule has 0 aromatic heterocycles. The van der Waals surface area contributed by atoms with Gasteiger partial charge in [-0.15, -0.1) is 0 Å². The molecule has 5 nitrogen and oxygen atoms in total. The van der Waals surface area contributed by atoms with E-state index in [1.807, 2.05) is 19.9 Å². The third-order valence-electron chi connectivity index (χ3n) is 2.59. The lowest BCUT2D eigenvalue weighted by Crippen LogP contribution is -2.29. The largest absolute Gasteiger partial charge is 0.478 e. The van der Waals surface area contributed by atoms with Gasteiger partial charge in [0.15, 0.2) is 0 Å². The van der Waals surface area contributed by atoms with Gasteiger partial charge in [-0.05, 0) is 38.5 Å². The third kappa shape index (κ3) is 4.46. The van der Waals surface area contributed by atoms with E-state index < -0.39 is 5.97 Å². The number of allylic oxidation sites excluding steroid dienone is 1. The van der Waals surface area contributed by atoms with Gasteiger partial charge in [-0.3, -0.25) is 0 Å². The number of carboxylic acid groups (broad SMARTS) is 1. The number of hydrogen-bond acceptors (Lipinski definition) is 2. The van der Waals surface area contributed by atoms with E-state index in [-0.39, 0.29) is 11.6 Å². The third-order valence-corrected chi connectivity index (χ3v) is 2.59. The van der Waals surface area contributed by atoms with Crippen molar-refractivity contribution in [2.45, 2.75) is 20.8 Å². The van der Waals surface area contributed by atoms with E-state index in [9.17, 15) is 9.59 Å². The van der Waals surface area contributed by atoms with E-state index in [0.29, 0.717) is 17.8 Å². The van der Waals surface area contributed by atoms with Crippen LogP contribution in [0.4, 0.5) is 10.5 Å². The Hall–Kier alpha value is -2.30. The van der Waals surface area contributed by atoms with E-state index in [2.05, 4.69) is 10.6 Å². The van der Waals surface area contributed by atoms with Gasteiger partial charge in [0.05, 0.1) is 5.56 Å². The fraction of sp³-hybridized carbons (Fsp3) is 0.286. The van der Waals surface area contributed by atoms with Crippen molar-refractivity contribution < 1.29 is 14.7 Å². The minimum atomic E-state index is -1.01. The molecule has 0 saturated heterocycles. The van der Waals surface area contributed by atoms with Crippen molar-refractivity contribution in [3.8, 4) is 0 Å². The van der Waals surface area contributed by atoms with Crippen molar-refractivity contribution in [3.05, 3.63) is 41.0 Å². The van der Waals surface area contributed by atoms with E-state index in [1.54, 1.807) is 19.1 Å². The van der Waals surface area contributed by atoms with Crippen molar-refractivity contribution in [1.29, 1.82) is 0 Å². The molecule has 0 aliphatic carbocycles. The molecule has 2 amide bonds. The summed E-state index contributed by atoms with van der Waals surface area (Å²) < 4.78 is 0. The van der Waals surface area contributed by atoms with Crippen molar-refractivity contribution in [2.24, 2.45) is 0 Å². The highest BCUT2D eigenvalue weighted by Gasteiger charge is 2.11. The Kier molecular flexibility index (Phi) is 5.11. The minimum absolute atomic E-state index is 0.182. The van der Waals surface area contributed by atoms with Gasteiger partial charge in [-0.25, -0.2) is 9.59 Å². The van der Waals surface area contributed by atoms with Crippen molar-refractivity contribution >= 4 is 17.7 Å². The van der Waals surface area contributed by atoms with Crippen LogP contribution < -0.4 is 10.6 Å². The number of benzene rings is 1. The molecule has 1 aromatic carbocycles. The Bertz CT molecular complexity index is 517. The molecule has 0 spiro atoms. The SMILES string of the molecule is CC(C)=CCNC(=O)Nc1cccc(C(=O)O)c1C. The number of amides is 2. The van der Waals surface area contributed by atoms with Gasteiger partial charge in [-0.1, -0.05) is 17.7 Å². The van der Waals surface area contributed by atoms with Gasteiger partial charge in [-0.2, -0.15) is 0 Å². The zero-order chi connectivity index (χ0) is 14.4. The van der Waals surface area contributed by atoms with Crippen LogP contribution in [0, 0.1) is 6.92 Å². The van der Waals surface area contributed by atoms with Gasteiger partial charge < -0.3 is 15.7 Å². The fourth-order valence-electron chi connectivity index (χ4n) is 1.52. The summed E-state index contributed by atoms with van der Waals surface area (Å²) >= 11 is 0.